The lowest BCUT2D eigenvalue weighted by atomic mass is 10.0. The molecule has 22 heavy (non-hydrogen) atoms. The molecule has 0 aliphatic carbocycles. The van der Waals surface area contributed by atoms with Crippen LogP contribution in [-0.2, 0) is 0 Å². The summed E-state index contributed by atoms with van der Waals surface area (Å²) in [5.41, 5.74) is 3.95. The molecule has 2 aromatic rings. The van der Waals surface area contributed by atoms with Crippen molar-refractivity contribution in [2.75, 3.05) is 13.1 Å². The first kappa shape index (κ1) is 16.0. The zero-order valence-corrected chi connectivity index (χ0v) is 13.5. The van der Waals surface area contributed by atoms with E-state index in [1.54, 1.807) is 6.08 Å². The predicted molar refractivity (Wildman–Crippen MR) is 92.8 cm³/mol. The lowest BCUT2D eigenvalue weighted by Crippen LogP contribution is -2.22. The van der Waals surface area contributed by atoms with E-state index in [1.807, 2.05) is 61.5 Å². The smallest absolute Gasteiger partial charge is 0.187 e. The first-order chi connectivity index (χ1) is 10.7. The van der Waals surface area contributed by atoms with E-state index in [1.165, 1.54) is 0 Å². The first-order valence-corrected chi connectivity index (χ1v) is 7.78. The lowest BCUT2D eigenvalue weighted by molar-refractivity contribution is 0.104. The summed E-state index contributed by atoms with van der Waals surface area (Å²) in [5.74, 6) is 0.0470. The van der Waals surface area contributed by atoms with Crippen molar-refractivity contribution in [2.45, 2.75) is 20.8 Å². The van der Waals surface area contributed by atoms with Crippen LogP contribution in [0.15, 0.2) is 60.7 Å². The summed E-state index contributed by atoms with van der Waals surface area (Å²) in [7, 11) is 0. The second-order valence-corrected chi connectivity index (χ2v) is 5.30. The van der Waals surface area contributed by atoms with E-state index in [0.717, 1.165) is 35.5 Å². The maximum absolute atomic E-state index is 12.6. The number of benzene rings is 2. The Hall–Kier alpha value is -2.35. The summed E-state index contributed by atoms with van der Waals surface area (Å²) in [4.78, 5) is 14.8. The molecule has 0 radical (unpaired) electrons. The fourth-order valence-corrected chi connectivity index (χ4v) is 2.46. The maximum Gasteiger partial charge on any atom is 0.187 e. The summed E-state index contributed by atoms with van der Waals surface area (Å²) in [6.07, 6.45) is 1.76. The first-order valence-electron chi connectivity index (χ1n) is 7.78. The highest BCUT2D eigenvalue weighted by molar-refractivity contribution is 6.08. The fourth-order valence-electron chi connectivity index (χ4n) is 2.46. The highest BCUT2D eigenvalue weighted by Gasteiger charge is 2.11. The average molecular weight is 293 g/mol. The van der Waals surface area contributed by atoms with E-state index >= 15 is 0 Å². The zero-order valence-electron chi connectivity index (χ0n) is 13.5. The van der Waals surface area contributed by atoms with Crippen LogP contribution < -0.4 is 0 Å². The summed E-state index contributed by atoms with van der Waals surface area (Å²) in [6, 6.07) is 17.8. The SMILES string of the molecule is CCN(CC)/C(=C/C(=O)c1ccc(C)cc1)c1ccccc1. The van der Waals surface area contributed by atoms with Crippen LogP contribution in [0.3, 0.4) is 0 Å². The normalized spacial score (nSPS) is 11.3. The van der Waals surface area contributed by atoms with Crippen LogP contribution in [0.5, 0.6) is 0 Å². The number of hydrogen-bond donors (Lipinski definition) is 0. The Morgan fingerprint density at radius 3 is 2.05 bits per heavy atom. The van der Waals surface area contributed by atoms with E-state index in [4.69, 9.17) is 0 Å². The number of rotatable bonds is 6. The Morgan fingerprint density at radius 1 is 0.909 bits per heavy atom. The molecule has 0 heterocycles. The molecule has 0 N–H and O–H groups in total. The third-order valence-electron chi connectivity index (χ3n) is 3.78. The molecule has 0 spiro atoms. The molecule has 0 unspecified atom stereocenters. The molecule has 0 bridgehead atoms. The third-order valence-corrected chi connectivity index (χ3v) is 3.78. The molecule has 0 aliphatic heterocycles. The van der Waals surface area contributed by atoms with Crippen LogP contribution in [0.1, 0.15) is 35.3 Å². The summed E-state index contributed by atoms with van der Waals surface area (Å²) >= 11 is 0. The van der Waals surface area contributed by atoms with E-state index in [2.05, 4.69) is 18.7 Å². The van der Waals surface area contributed by atoms with E-state index in [0.29, 0.717) is 0 Å². The van der Waals surface area contributed by atoms with Gasteiger partial charge in [-0.25, -0.2) is 0 Å². The van der Waals surface area contributed by atoms with Crippen LogP contribution in [0, 0.1) is 6.92 Å². The van der Waals surface area contributed by atoms with Crippen LogP contribution in [0.2, 0.25) is 0 Å². The van der Waals surface area contributed by atoms with Crippen LogP contribution in [-0.4, -0.2) is 23.8 Å². The van der Waals surface area contributed by atoms with Gasteiger partial charge >= 0.3 is 0 Å². The van der Waals surface area contributed by atoms with Crippen molar-refractivity contribution in [3.05, 3.63) is 77.4 Å². The van der Waals surface area contributed by atoms with Gasteiger partial charge in [-0.1, -0.05) is 60.2 Å². The maximum atomic E-state index is 12.6. The molecular formula is C20H23NO. The topological polar surface area (TPSA) is 20.3 Å². The van der Waals surface area contributed by atoms with Crippen molar-refractivity contribution < 1.29 is 4.79 Å². The number of ketones is 1. The Kier molecular flexibility index (Phi) is 5.54. The Bertz CT molecular complexity index is 637. The van der Waals surface area contributed by atoms with Crippen molar-refractivity contribution in [2.24, 2.45) is 0 Å². The summed E-state index contributed by atoms with van der Waals surface area (Å²) in [5, 5.41) is 0. The average Bonchev–Trinajstić information content (AvgIpc) is 2.56. The predicted octanol–water partition coefficient (Wildman–Crippen LogP) is 4.56. The highest BCUT2D eigenvalue weighted by Crippen LogP contribution is 2.20. The minimum atomic E-state index is 0.0470. The molecule has 0 aromatic heterocycles. The minimum Gasteiger partial charge on any atom is -0.371 e. The number of hydrogen-bond acceptors (Lipinski definition) is 2. The molecule has 0 fully saturated rings. The molecular weight excluding hydrogens is 270 g/mol. The van der Waals surface area contributed by atoms with E-state index in [-0.39, 0.29) is 5.78 Å². The molecule has 0 amide bonds. The van der Waals surface area contributed by atoms with Crippen molar-refractivity contribution in [3.63, 3.8) is 0 Å². The van der Waals surface area contributed by atoms with Crippen molar-refractivity contribution in [1.29, 1.82) is 0 Å². The Morgan fingerprint density at radius 2 is 1.50 bits per heavy atom. The Labute approximate surface area is 133 Å². The minimum absolute atomic E-state index is 0.0470. The number of carbonyl (C=O) groups is 1. The van der Waals surface area contributed by atoms with E-state index < -0.39 is 0 Å². The highest BCUT2D eigenvalue weighted by atomic mass is 16.1. The van der Waals surface area contributed by atoms with Crippen LogP contribution in [0.4, 0.5) is 0 Å². The second-order valence-electron chi connectivity index (χ2n) is 5.30. The van der Waals surface area contributed by atoms with Gasteiger partial charge in [-0.3, -0.25) is 4.79 Å². The zero-order chi connectivity index (χ0) is 15.9. The quantitative estimate of drug-likeness (QED) is 0.575. The van der Waals surface area contributed by atoms with Gasteiger partial charge in [0.25, 0.3) is 0 Å². The number of allylic oxidation sites excluding steroid dienone is 1. The molecule has 2 rings (SSSR count). The van der Waals surface area contributed by atoms with Gasteiger partial charge in [0, 0.05) is 30.4 Å². The molecule has 2 aromatic carbocycles. The van der Waals surface area contributed by atoms with Gasteiger partial charge in [-0.05, 0) is 26.3 Å². The van der Waals surface area contributed by atoms with Gasteiger partial charge < -0.3 is 4.90 Å². The monoisotopic (exact) mass is 293 g/mol. The number of nitrogens with zero attached hydrogens (tertiary/aromatic N) is 1. The van der Waals surface area contributed by atoms with Crippen LogP contribution >= 0.6 is 0 Å². The molecule has 0 atom stereocenters. The molecule has 2 nitrogen and oxygen atoms in total. The van der Waals surface area contributed by atoms with Crippen molar-refractivity contribution in [3.8, 4) is 0 Å². The van der Waals surface area contributed by atoms with Gasteiger partial charge in [-0.2, -0.15) is 0 Å². The molecule has 0 saturated heterocycles. The van der Waals surface area contributed by atoms with Gasteiger partial charge in [0.1, 0.15) is 0 Å². The fraction of sp³-hybridized carbons (Fsp3) is 0.250. The molecule has 0 saturated carbocycles. The van der Waals surface area contributed by atoms with Gasteiger partial charge in [0.2, 0.25) is 0 Å². The van der Waals surface area contributed by atoms with Crippen molar-refractivity contribution in [1.82, 2.24) is 4.90 Å². The van der Waals surface area contributed by atoms with Gasteiger partial charge in [-0.15, -0.1) is 0 Å². The Balaban J connectivity index is 2.39. The number of aryl methyl sites for hydroxylation is 1. The van der Waals surface area contributed by atoms with Crippen molar-refractivity contribution >= 4 is 11.5 Å². The summed E-state index contributed by atoms with van der Waals surface area (Å²) < 4.78 is 0. The third kappa shape index (κ3) is 3.85. The second kappa shape index (κ2) is 7.60. The molecule has 2 heteroatoms. The molecule has 0 aliphatic rings. The largest absolute Gasteiger partial charge is 0.371 e. The summed E-state index contributed by atoms with van der Waals surface area (Å²) in [6.45, 7) is 7.99. The lowest BCUT2D eigenvalue weighted by Gasteiger charge is -2.24. The molecule has 114 valence electrons. The van der Waals surface area contributed by atoms with Gasteiger partial charge in [0.05, 0.1) is 0 Å². The number of carbonyl (C=O) groups excluding carboxylic acids is 1. The van der Waals surface area contributed by atoms with Crippen LogP contribution in [0.25, 0.3) is 5.70 Å². The van der Waals surface area contributed by atoms with Gasteiger partial charge in [0.15, 0.2) is 5.78 Å². The van der Waals surface area contributed by atoms with E-state index in [9.17, 15) is 4.79 Å². The standard InChI is InChI=1S/C20H23NO/c1-4-21(5-2)19(17-9-7-6-8-10-17)15-20(22)18-13-11-16(3)12-14-18/h6-15H,4-5H2,1-3H3/b19-15+.